The average Bonchev–Trinajstić information content (AvgIpc) is 3.39. The minimum atomic E-state index is -1.73. The lowest BCUT2D eigenvalue weighted by Gasteiger charge is -2.48. The second kappa shape index (κ2) is 17.7. The van der Waals surface area contributed by atoms with E-state index in [1.54, 1.807) is 6.92 Å². The number of rotatable bonds is 14. The first kappa shape index (κ1) is 41.9. The molecule has 1 amide bonds. The molecule has 3 heterocycles. The Morgan fingerprint density at radius 1 is 0.788 bits per heavy atom. The quantitative estimate of drug-likeness (QED) is 0.0732. The summed E-state index contributed by atoms with van der Waals surface area (Å²) in [6.07, 6.45) is -17.5. The van der Waals surface area contributed by atoms with Gasteiger partial charge in [0.25, 0.3) is 5.91 Å². The number of carbonyl (C=O) groups is 1. The minimum absolute atomic E-state index is 0.0217. The van der Waals surface area contributed by atoms with E-state index < -0.39 is 128 Å². The fourth-order valence-corrected chi connectivity index (χ4v) is 7.57. The van der Waals surface area contributed by atoms with Crippen LogP contribution in [0.2, 0.25) is 0 Å². The van der Waals surface area contributed by atoms with Gasteiger partial charge in [-0.25, -0.2) is 0 Å². The van der Waals surface area contributed by atoms with Crippen LogP contribution in [-0.2, 0) is 33.2 Å². The molecule has 302 valence electrons. The highest BCUT2D eigenvalue weighted by Crippen LogP contribution is 2.37. The van der Waals surface area contributed by atoms with E-state index in [0.29, 0.717) is 0 Å². The highest BCUT2D eigenvalue weighted by Gasteiger charge is 2.55. The molecule has 0 unspecified atom stereocenters. The number of hydrogen-bond acceptors (Lipinski definition) is 20. The summed E-state index contributed by atoms with van der Waals surface area (Å²) in [6.45, 7) is 1.04. The molecule has 52 heavy (non-hydrogen) atoms. The molecular weight excluding hydrogens is 696 g/mol. The number of hydrogen-bond donors (Lipinski definition) is 14. The van der Waals surface area contributed by atoms with Gasteiger partial charge >= 0.3 is 0 Å². The van der Waals surface area contributed by atoms with Gasteiger partial charge in [-0.15, -0.1) is 0 Å². The van der Waals surface area contributed by atoms with Gasteiger partial charge in [0.05, 0.1) is 43.6 Å². The molecule has 0 bridgehead atoms. The SMILES string of the molecule is C[C@H]1[C@@H](O[C@H]2[C@@H](O)[C@H](O[C@@H]3[C@@H](O)[C@H](NC(=O)C4(O)CC(N)C4)C[C@H](N)[C@H]3O[C@H]3O[C@H](CNCCO)[C@@H](O)C[C@H]3N)O[C@@H]2CO)O[C@@H](CN)[C@@H](O)[C@@H]1O. The first-order chi connectivity index (χ1) is 24.6. The van der Waals surface area contributed by atoms with Gasteiger partial charge in [0, 0.05) is 50.5 Å². The Hall–Kier alpha value is -1.29. The van der Waals surface area contributed by atoms with Crippen molar-refractivity contribution in [1.29, 1.82) is 0 Å². The molecule has 0 aromatic rings. The lowest BCUT2D eigenvalue weighted by atomic mass is 9.75. The van der Waals surface area contributed by atoms with Crippen molar-refractivity contribution >= 4 is 5.91 Å². The second-order valence-electron chi connectivity index (χ2n) is 14.7. The molecule has 2 saturated carbocycles. The average molecular weight is 755 g/mol. The third-order valence-corrected chi connectivity index (χ3v) is 10.8. The molecule has 5 fully saturated rings. The van der Waals surface area contributed by atoms with Gasteiger partial charge < -0.3 is 103 Å². The van der Waals surface area contributed by atoms with Crippen LogP contribution in [0.5, 0.6) is 0 Å². The largest absolute Gasteiger partial charge is 0.395 e. The van der Waals surface area contributed by atoms with Crippen molar-refractivity contribution in [2.45, 2.75) is 148 Å². The van der Waals surface area contributed by atoms with E-state index in [9.17, 15) is 40.5 Å². The molecule has 0 aromatic carbocycles. The first-order valence-corrected chi connectivity index (χ1v) is 17.9. The maximum Gasteiger partial charge on any atom is 0.252 e. The maximum absolute atomic E-state index is 13.1. The minimum Gasteiger partial charge on any atom is -0.395 e. The third-order valence-electron chi connectivity index (χ3n) is 10.8. The summed E-state index contributed by atoms with van der Waals surface area (Å²) < 4.78 is 36.1. The number of nitrogens with one attached hydrogen (secondary N) is 2. The standard InChI is InChI=1S/C31H58N6O15/c1-11-20(41)22(43)17(8-32)47-27(11)51-25-19(10-39)49-29(23(25)44)52-26-21(42)15(37-30(45)31(46)6-12(33)7-31)4-13(34)24(26)50-28-14(35)5-16(40)18(48-28)9-36-2-3-38/h11-29,36,38-44,46H,2-10,32-35H2,1H3,(H,37,45)/t11-,12?,13+,14-,15-,16+,17+,18-,19-,20-,21+,22-,23-,24-,25-,26-,27-,28-,29+,31?/m1/s1. The van der Waals surface area contributed by atoms with Gasteiger partial charge in [0.2, 0.25) is 0 Å². The lowest BCUT2D eigenvalue weighted by molar-refractivity contribution is -0.299. The zero-order chi connectivity index (χ0) is 38.1. The molecular formula is C31H58N6O15. The molecule has 5 rings (SSSR count). The molecule has 5 aliphatic rings. The smallest absolute Gasteiger partial charge is 0.252 e. The Morgan fingerprint density at radius 3 is 2.06 bits per heavy atom. The van der Waals surface area contributed by atoms with E-state index in [1.165, 1.54) is 0 Å². The highest BCUT2D eigenvalue weighted by molar-refractivity contribution is 5.86. The van der Waals surface area contributed by atoms with Crippen molar-refractivity contribution in [3.8, 4) is 0 Å². The Kier molecular flexibility index (Phi) is 14.2. The van der Waals surface area contributed by atoms with Gasteiger partial charge in [-0.2, -0.15) is 0 Å². The number of amides is 1. The van der Waals surface area contributed by atoms with Crippen LogP contribution in [0.4, 0.5) is 0 Å². The topological polar surface area (TPSA) is 362 Å². The monoisotopic (exact) mass is 754 g/mol. The van der Waals surface area contributed by atoms with Gasteiger partial charge in [-0.3, -0.25) is 4.79 Å². The van der Waals surface area contributed by atoms with Gasteiger partial charge in [0.1, 0.15) is 54.4 Å². The van der Waals surface area contributed by atoms with E-state index in [0.717, 1.165) is 0 Å². The molecule has 21 heteroatoms. The molecule has 3 aliphatic heterocycles. The van der Waals surface area contributed by atoms with Gasteiger partial charge in [-0.05, 0) is 12.8 Å². The summed E-state index contributed by atoms with van der Waals surface area (Å²) in [5.74, 6) is -1.55. The third kappa shape index (κ3) is 8.88. The molecule has 2 aliphatic carbocycles. The fraction of sp³-hybridized carbons (Fsp3) is 0.968. The van der Waals surface area contributed by atoms with Crippen LogP contribution in [0.3, 0.4) is 0 Å². The number of aliphatic hydroxyl groups excluding tert-OH is 7. The lowest BCUT2D eigenvalue weighted by Crippen LogP contribution is -2.69. The zero-order valence-electron chi connectivity index (χ0n) is 29.1. The summed E-state index contributed by atoms with van der Waals surface area (Å²) in [4.78, 5) is 13.1. The van der Waals surface area contributed by atoms with Crippen molar-refractivity contribution in [2.24, 2.45) is 28.9 Å². The number of aliphatic hydroxyl groups is 8. The summed E-state index contributed by atoms with van der Waals surface area (Å²) in [6, 6.07) is -3.26. The predicted octanol–water partition coefficient (Wildman–Crippen LogP) is -7.92. The summed E-state index contributed by atoms with van der Waals surface area (Å²) >= 11 is 0. The van der Waals surface area contributed by atoms with E-state index in [2.05, 4.69) is 10.6 Å². The Balaban J connectivity index is 1.35. The molecule has 0 spiro atoms. The van der Waals surface area contributed by atoms with Crippen LogP contribution >= 0.6 is 0 Å². The van der Waals surface area contributed by atoms with E-state index in [1.807, 2.05) is 0 Å². The van der Waals surface area contributed by atoms with Crippen LogP contribution < -0.4 is 33.6 Å². The highest BCUT2D eigenvalue weighted by atomic mass is 16.8. The second-order valence-corrected chi connectivity index (χ2v) is 14.7. The number of ether oxygens (including phenoxy) is 6. The maximum atomic E-state index is 13.1. The van der Waals surface area contributed by atoms with E-state index >= 15 is 0 Å². The molecule has 0 radical (unpaired) electrons. The predicted molar refractivity (Wildman–Crippen MR) is 175 cm³/mol. The molecule has 18 N–H and O–H groups in total. The van der Waals surface area contributed by atoms with Gasteiger partial charge in [-0.1, -0.05) is 6.92 Å². The zero-order valence-corrected chi connectivity index (χ0v) is 29.1. The van der Waals surface area contributed by atoms with Crippen molar-refractivity contribution in [1.82, 2.24) is 10.6 Å². The molecule has 21 nitrogen and oxygen atoms in total. The summed E-state index contributed by atoms with van der Waals surface area (Å²) in [7, 11) is 0. The molecule has 3 saturated heterocycles. The van der Waals surface area contributed by atoms with Crippen LogP contribution in [-0.4, -0.2) is 195 Å². The summed E-state index contributed by atoms with van der Waals surface area (Å²) in [5.41, 5.74) is 22.7. The van der Waals surface area contributed by atoms with Crippen molar-refractivity contribution in [3.63, 3.8) is 0 Å². The van der Waals surface area contributed by atoms with Crippen LogP contribution in [0.15, 0.2) is 0 Å². The Morgan fingerprint density at radius 2 is 1.42 bits per heavy atom. The first-order valence-electron chi connectivity index (χ1n) is 17.9. The molecule has 18 atom stereocenters. The van der Waals surface area contributed by atoms with Gasteiger partial charge in [0.15, 0.2) is 18.9 Å². The Labute approximate surface area is 300 Å². The van der Waals surface area contributed by atoms with Crippen molar-refractivity contribution in [2.75, 3.05) is 32.8 Å². The summed E-state index contributed by atoms with van der Waals surface area (Å²) in [5, 5.41) is 90.2. The van der Waals surface area contributed by atoms with Crippen molar-refractivity contribution < 1.29 is 74.1 Å². The van der Waals surface area contributed by atoms with Crippen LogP contribution in [0.25, 0.3) is 0 Å². The number of nitrogens with two attached hydrogens (primary N) is 4. The van der Waals surface area contributed by atoms with Crippen molar-refractivity contribution in [3.05, 3.63) is 0 Å². The van der Waals surface area contributed by atoms with E-state index in [-0.39, 0.29) is 58.0 Å². The normalized spacial score (nSPS) is 49.8. The van der Waals surface area contributed by atoms with Crippen LogP contribution in [0.1, 0.15) is 32.6 Å². The number of carbonyl (C=O) groups excluding carboxylic acids is 1. The van der Waals surface area contributed by atoms with E-state index in [4.69, 9.17) is 56.5 Å². The Bertz CT molecular complexity index is 1160. The molecule has 0 aromatic heterocycles. The fourth-order valence-electron chi connectivity index (χ4n) is 7.57. The van der Waals surface area contributed by atoms with Crippen LogP contribution in [0, 0.1) is 5.92 Å².